The van der Waals surface area contributed by atoms with Crippen molar-refractivity contribution in [1.29, 1.82) is 0 Å². The Balaban J connectivity index is 3.07. The average Bonchev–Trinajstić information content (AvgIpc) is 2.51. The van der Waals surface area contributed by atoms with Crippen LogP contribution in [-0.4, -0.2) is 31.5 Å². The maximum Gasteiger partial charge on any atom is 0.255 e. The molecule has 1 N–H and O–H groups in total. The van der Waals surface area contributed by atoms with Crippen molar-refractivity contribution in [3.8, 4) is 11.5 Å². The summed E-state index contributed by atoms with van der Waals surface area (Å²) in [6.45, 7) is 4.02. The molecule has 0 saturated heterocycles. The zero-order valence-electron chi connectivity index (χ0n) is 12.5. The quantitative estimate of drug-likeness (QED) is 0.786. The van der Waals surface area contributed by atoms with Crippen LogP contribution in [0, 0.1) is 0 Å². The second-order valence-electron chi connectivity index (χ2n) is 4.64. The number of rotatable bonds is 7. The Morgan fingerprint density at radius 3 is 2.35 bits per heavy atom. The largest absolute Gasteiger partial charge is 0.497 e. The van der Waals surface area contributed by atoms with Crippen LogP contribution in [0.25, 0.3) is 0 Å². The van der Waals surface area contributed by atoms with E-state index in [1.807, 2.05) is 13.8 Å². The van der Waals surface area contributed by atoms with Crippen LogP contribution >= 0.6 is 11.6 Å². The molecule has 5 heteroatoms. The smallest absolute Gasteiger partial charge is 0.255 e. The van der Waals surface area contributed by atoms with E-state index < -0.39 is 5.54 Å². The first-order chi connectivity index (χ1) is 9.55. The Bertz CT molecular complexity index is 450. The Morgan fingerprint density at radius 2 is 1.90 bits per heavy atom. The number of amides is 1. The van der Waals surface area contributed by atoms with Gasteiger partial charge in [0.1, 0.15) is 11.5 Å². The first-order valence-corrected chi connectivity index (χ1v) is 7.19. The minimum absolute atomic E-state index is 0.204. The molecule has 20 heavy (non-hydrogen) atoms. The summed E-state index contributed by atoms with van der Waals surface area (Å²) in [4.78, 5) is 12.5. The lowest BCUT2D eigenvalue weighted by molar-refractivity contribution is 0.0899. The third-order valence-corrected chi connectivity index (χ3v) is 4.15. The monoisotopic (exact) mass is 299 g/mol. The normalized spacial score (nSPS) is 11.1. The van der Waals surface area contributed by atoms with Gasteiger partial charge in [-0.2, -0.15) is 0 Å². The zero-order chi connectivity index (χ0) is 15.2. The highest BCUT2D eigenvalue weighted by molar-refractivity contribution is 6.19. The predicted octanol–water partition coefficient (Wildman–Crippen LogP) is 3.23. The molecule has 0 atom stereocenters. The number of carbonyl (C=O) groups is 1. The van der Waals surface area contributed by atoms with Crippen molar-refractivity contribution in [1.82, 2.24) is 5.32 Å². The molecule has 0 saturated carbocycles. The molecule has 0 unspecified atom stereocenters. The fraction of sp³-hybridized carbons (Fsp3) is 0.533. The zero-order valence-corrected chi connectivity index (χ0v) is 13.2. The van der Waals surface area contributed by atoms with E-state index in [0.29, 0.717) is 22.9 Å². The van der Waals surface area contributed by atoms with Gasteiger partial charge in [0.05, 0.1) is 25.3 Å². The molecule has 112 valence electrons. The van der Waals surface area contributed by atoms with E-state index in [1.165, 1.54) is 7.11 Å². The van der Waals surface area contributed by atoms with Gasteiger partial charge in [-0.1, -0.05) is 13.8 Å². The van der Waals surface area contributed by atoms with Gasteiger partial charge in [-0.15, -0.1) is 11.6 Å². The fourth-order valence-corrected chi connectivity index (χ4v) is 2.39. The summed E-state index contributed by atoms with van der Waals surface area (Å²) in [5.41, 5.74) is 0.0513. The second-order valence-corrected chi connectivity index (χ2v) is 4.91. The molecular formula is C15H22ClNO3. The Morgan fingerprint density at radius 1 is 1.25 bits per heavy atom. The van der Waals surface area contributed by atoms with E-state index in [-0.39, 0.29) is 5.91 Å². The number of ether oxygens (including phenoxy) is 2. The van der Waals surface area contributed by atoms with Crippen LogP contribution in [0.5, 0.6) is 11.5 Å². The minimum Gasteiger partial charge on any atom is -0.497 e. The molecule has 0 aliphatic rings. The third-order valence-electron chi connectivity index (χ3n) is 3.64. The maximum atomic E-state index is 12.5. The summed E-state index contributed by atoms with van der Waals surface area (Å²) in [6.07, 6.45) is 1.54. The van der Waals surface area contributed by atoms with E-state index in [4.69, 9.17) is 21.1 Å². The number of carbonyl (C=O) groups excluding carboxylic acids is 1. The molecular weight excluding hydrogens is 278 g/mol. The van der Waals surface area contributed by atoms with Crippen LogP contribution in [0.1, 0.15) is 37.0 Å². The van der Waals surface area contributed by atoms with Crippen molar-refractivity contribution < 1.29 is 14.3 Å². The van der Waals surface area contributed by atoms with Gasteiger partial charge in [-0.3, -0.25) is 4.79 Å². The Hall–Kier alpha value is -1.42. The van der Waals surface area contributed by atoms with Gasteiger partial charge in [0, 0.05) is 5.88 Å². The number of alkyl halides is 1. The summed E-state index contributed by atoms with van der Waals surface area (Å²) >= 11 is 6.02. The average molecular weight is 300 g/mol. The van der Waals surface area contributed by atoms with E-state index >= 15 is 0 Å². The lowest BCUT2D eigenvalue weighted by Crippen LogP contribution is -2.49. The number of hydrogen-bond donors (Lipinski definition) is 1. The molecule has 0 radical (unpaired) electrons. The molecule has 1 aromatic rings. The minimum atomic E-state index is -0.396. The number of nitrogens with one attached hydrogen (secondary N) is 1. The summed E-state index contributed by atoms with van der Waals surface area (Å²) in [7, 11) is 3.09. The van der Waals surface area contributed by atoms with E-state index in [9.17, 15) is 4.79 Å². The molecule has 0 aromatic heterocycles. The summed E-state index contributed by atoms with van der Waals surface area (Å²) in [6, 6.07) is 5.14. The number of benzene rings is 1. The summed E-state index contributed by atoms with van der Waals surface area (Å²) in [5.74, 6) is 1.29. The van der Waals surface area contributed by atoms with Crippen molar-refractivity contribution in [2.24, 2.45) is 0 Å². The molecule has 0 aliphatic heterocycles. The van der Waals surface area contributed by atoms with Crippen LogP contribution in [0.2, 0.25) is 0 Å². The molecule has 1 aromatic carbocycles. The molecule has 0 heterocycles. The molecule has 0 spiro atoms. The standard InChI is InChI=1S/C15H22ClNO3/c1-5-15(6-2,10-16)17-14(18)12-9-11(19-3)7-8-13(12)20-4/h7-9H,5-6,10H2,1-4H3,(H,17,18). The number of methoxy groups -OCH3 is 2. The van der Waals surface area contributed by atoms with E-state index in [1.54, 1.807) is 25.3 Å². The van der Waals surface area contributed by atoms with Gasteiger partial charge in [-0.25, -0.2) is 0 Å². The SMILES string of the molecule is CCC(CC)(CCl)NC(=O)c1cc(OC)ccc1OC. The maximum absolute atomic E-state index is 12.5. The highest BCUT2D eigenvalue weighted by Crippen LogP contribution is 2.25. The number of halogens is 1. The van der Waals surface area contributed by atoms with Crippen molar-refractivity contribution in [2.75, 3.05) is 20.1 Å². The predicted molar refractivity (Wildman–Crippen MR) is 81.0 cm³/mol. The van der Waals surface area contributed by atoms with Gasteiger partial charge in [0.25, 0.3) is 5.91 Å². The van der Waals surface area contributed by atoms with Crippen molar-refractivity contribution in [3.63, 3.8) is 0 Å². The van der Waals surface area contributed by atoms with E-state index in [2.05, 4.69) is 5.32 Å². The van der Waals surface area contributed by atoms with Gasteiger partial charge in [0.15, 0.2) is 0 Å². The van der Waals surface area contributed by atoms with Crippen LogP contribution < -0.4 is 14.8 Å². The summed E-state index contributed by atoms with van der Waals surface area (Å²) in [5, 5.41) is 3.02. The van der Waals surface area contributed by atoms with Crippen molar-refractivity contribution in [3.05, 3.63) is 23.8 Å². The van der Waals surface area contributed by atoms with Gasteiger partial charge in [-0.05, 0) is 31.0 Å². The van der Waals surface area contributed by atoms with Crippen LogP contribution in [-0.2, 0) is 0 Å². The topological polar surface area (TPSA) is 47.6 Å². The Kier molecular flexibility index (Phi) is 6.14. The first-order valence-electron chi connectivity index (χ1n) is 6.66. The highest BCUT2D eigenvalue weighted by Gasteiger charge is 2.28. The van der Waals surface area contributed by atoms with Crippen LogP contribution in [0.3, 0.4) is 0 Å². The molecule has 1 rings (SSSR count). The Labute approximate surface area is 125 Å². The van der Waals surface area contributed by atoms with Crippen LogP contribution in [0.15, 0.2) is 18.2 Å². The molecule has 4 nitrogen and oxygen atoms in total. The lowest BCUT2D eigenvalue weighted by atomic mass is 9.94. The molecule has 0 fully saturated rings. The van der Waals surface area contributed by atoms with Crippen molar-refractivity contribution in [2.45, 2.75) is 32.2 Å². The highest BCUT2D eigenvalue weighted by atomic mass is 35.5. The molecule has 1 amide bonds. The molecule has 0 bridgehead atoms. The summed E-state index contributed by atoms with van der Waals surface area (Å²) < 4.78 is 10.4. The lowest BCUT2D eigenvalue weighted by Gasteiger charge is -2.30. The van der Waals surface area contributed by atoms with Gasteiger partial charge >= 0.3 is 0 Å². The van der Waals surface area contributed by atoms with Crippen LogP contribution in [0.4, 0.5) is 0 Å². The second kappa shape index (κ2) is 7.39. The third kappa shape index (κ3) is 3.57. The van der Waals surface area contributed by atoms with Crippen molar-refractivity contribution >= 4 is 17.5 Å². The number of hydrogen-bond acceptors (Lipinski definition) is 3. The van der Waals surface area contributed by atoms with E-state index in [0.717, 1.165) is 12.8 Å². The van der Waals surface area contributed by atoms with Gasteiger partial charge < -0.3 is 14.8 Å². The fourth-order valence-electron chi connectivity index (χ4n) is 1.95. The molecule has 0 aliphatic carbocycles. The van der Waals surface area contributed by atoms with Gasteiger partial charge in [0.2, 0.25) is 0 Å². The first kappa shape index (κ1) is 16.6.